The molecular weight excluding hydrogens is 352 g/mol. The Morgan fingerprint density at radius 1 is 1.20 bits per heavy atom. The van der Waals surface area contributed by atoms with Crippen molar-refractivity contribution in [1.29, 1.82) is 0 Å². The van der Waals surface area contributed by atoms with E-state index in [1.807, 2.05) is 0 Å². The van der Waals surface area contributed by atoms with E-state index in [0.717, 1.165) is 25.7 Å². The first-order valence-corrected chi connectivity index (χ1v) is 9.66. The Balaban J connectivity index is 2.15. The van der Waals surface area contributed by atoms with Gasteiger partial charge >= 0.3 is 0 Å². The van der Waals surface area contributed by atoms with Crippen LogP contribution in [0.3, 0.4) is 0 Å². The minimum absolute atomic E-state index is 0.00682. The topological polar surface area (TPSA) is 92.5 Å². The number of carbonyl (C=O) groups excluding carboxylic acids is 1. The summed E-state index contributed by atoms with van der Waals surface area (Å²) in [6.45, 7) is -0.884. The van der Waals surface area contributed by atoms with Crippen LogP contribution in [0.1, 0.15) is 36.0 Å². The van der Waals surface area contributed by atoms with Crippen molar-refractivity contribution >= 4 is 15.9 Å². The van der Waals surface area contributed by atoms with E-state index >= 15 is 0 Å². The van der Waals surface area contributed by atoms with Gasteiger partial charge in [-0.15, -0.1) is 0 Å². The van der Waals surface area contributed by atoms with Gasteiger partial charge in [-0.3, -0.25) is 4.79 Å². The number of carbonyl (C=O) groups is 1. The lowest BCUT2D eigenvalue weighted by Crippen LogP contribution is -2.41. The second-order valence-corrected chi connectivity index (χ2v) is 8.03. The molecule has 2 rings (SSSR count). The van der Waals surface area contributed by atoms with E-state index in [0.29, 0.717) is 13.1 Å². The highest BCUT2D eigenvalue weighted by molar-refractivity contribution is 7.89. The first-order chi connectivity index (χ1) is 11.8. The van der Waals surface area contributed by atoms with Gasteiger partial charge in [-0.1, -0.05) is 18.9 Å². The Bertz CT molecular complexity index is 702. The molecule has 1 saturated heterocycles. The number of hydrogen-bond donors (Lipinski definition) is 2. The fraction of sp³-hybridized carbons (Fsp3) is 0.562. The highest BCUT2D eigenvalue weighted by atomic mass is 32.2. The van der Waals surface area contributed by atoms with Gasteiger partial charge in [0.25, 0.3) is 11.8 Å². The number of rotatable bonds is 6. The van der Waals surface area contributed by atoms with Crippen LogP contribution in [0.25, 0.3) is 0 Å². The monoisotopic (exact) mass is 375 g/mol. The quantitative estimate of drug-likeness (QED) is 0.789. The third-order valence-corrected chi connectivity index (χ3v) is 6.00. The van der Waals surface area contributed by atoms with Gasteiger partial charge < -0.3 is 11.1 Å². The van der Waals surface area contributed by atoms with E-state index in [2.05, 4.69) is 5.32 Å². The minimum atomic E-state index is -3.70. The summed E-state index contributed by atoms with van der Waals surface area (Å²) in [6, 6.07) is 5.44. The number of hydrogen-bond acceptors (Lipinski definition) is 4. The first-order valence-electron chi connectivity index (χ1n) is 8.22. The van der Waals surface area contributed by atoms with Gasteiger partial charge in [0.15, 0.2) is 0 Å². The molecule has 140 valence electrons. The molecule has 1 aromatic carbocycles. The van der Waals surface area contributed by atoms with Crippen LogP contribution in [-0.2, 0) is 10.0 Å². The zero-order valence-electron chi connectivity index (χ0n) is 13.9. The number of nitrogens with one attached hydrogen (secondary N) is 1. The summed E-state index contributed by atoms with van der Waals surface area (Å²) < 4.78 is 53.2. The Hall–Kier alpha value is -1.58. The Labute approximate surface area is 146 Å². The second kappa shape index (κ2) is 8.20. The lowest BCUT2D eigenvalue weighted by Gasteiger charge is -2.20. The van der Waals surface area contributed by atoms with E-state index in [-0.39, 0.29) is 10.5 Å². The van der Waals surface area contributed by atoms with Gasteiger partial charge in [-0.25, -0.2) is 17.2 Å². The summed E-state index contributed by atoms with van der Waals surface area (Å²) >= 11 is 0. The highest BCUT2D eigenvalue weighted by Gasteiger charge is 2.28. The lowest BCUT2D eigenvalue weighted by molar-refractivity contribution is 0.0118. The normalized spacial score (nSPS) is 17.1. The molecule has 1 aliphatic heterocycles. The van der Waals surface area contributed by atoms with E-state index in [1.54, 1.807) is 0 Å². The van der Waals surface area contributed by atoms with Gasteiger partial charge in [-0.2, -0.15) is 4.31 Å². The summed E-state index contributed by atoms with van der Waals surface area (Å²) in [4.78, 5) is 12.0. The van der Waals surface area contributed by atoms with E-state index < -0.39 is 34.9 Å². The number of benzene rings is 1. The van der Waals surface area contributed by atoms with Crippen LogP contribution in [0.5, 0.6) is 0 Å². The molecule has 0 aromatic heterocycles. The molecule has 1 heterocycles. The average Bonchev–Trinajstić information content (AvgIpc) is 2.90. The average molecular weight is 375 g/mol. The van der Waals surface area contributed by atoms with Crippen molar-refractivity contribution < 1.29 is 22.0 Å². The van der Waals surface area contributed by atoms with Crippen molar-refractivity contribution in [2.24, 2.45) is 5.73 Å². The number of nitrogens with two attached hydrogens (primary N) is 1. The van der Waals surface area contributed by atoms with Gasteiger partial charge in [0.2, 0.25) is 10.0 Å². The Morgan fingerprint density at radius 2 is 1.84 bits per heavy atom. The second-order valence-electron chi connectivity index (χ2n) is 6.09. The zero-order valence-corrected chi connectivity index (χ0v) is 14.7. The molecule has 0 spiro atoms. The van der Waals surface area contributed by atoms with Crippen molar-refractivity contribution in [2.75, 3.05) is 26.2 Å². The molecule has 0 aliphatic carbocycles. The van der Waals surface area contributed by atoms with Crippen molar-refractivity contribution in [3.63, 3.8) is 0 Å². The van der Waals surface area contributed by atoms with Crippen molar-refractivity contribution in [3.05, 3.63) is 29.8 Å². The van der Waals surface area contributed by atoms with Crippen LogP contribution >= 0.6 is 0 Å². The molecule has 0 saturated carbocycles. The number of nitrogens with zero attached hydrogens (tertiary/aromatic N) is 1. The van der Waals surface area contributed by atoms with Crippen LogP contribution in [0.2, 0.25) is 0 Å². The highest BCUT2D eigenvalue weighted by Crippen LogP contribution is 2.21. The van der Waals surface area contributed by atoms with Gasteiger partial charge in [0.05, 0.1) is 18.0 Å². The molecule has 1 amide bonds. The fourth-order valence-electron chi connectivity index (χ4n) is 2.61. The Kier molecular flexibility index (Phi) is 6.47. The molecule has 1 aliphatic rings. The Morgan fingerprint density at radius 3 is 2.44 bits per heavy atom. The maximum absolute atomic E-state index is 13.1. The lowest BCUT2D eigenvalue weighted by atomic mass is 10.2. The third kappa shape index (κ3) is 5.20. The van der Waals surface area contributed by atoms with Gasteiger partial charge in [0, 0.05) is 18.7 Å². The summed E-state index contributed by atoms with van der Waals surface area (Å²) in [5, 5.41) is 2.08. The molecule has 3 N–H and O–H groups in total. The van der Waals surface area contributed by atoms with Crippen LogP contribution < -0.4 is 11.1 Å². The molecule has 0 bridgehead atoms. The molecule has 0 unspecified atom stereocenters. The van der Waals surface area contributed by atoms with Crippen LogP contribution in [0.15, 0.2) is 29.2 Å². The molecular formula is C16H23F2N3O3S. The van der Waals surface area contributed by atoms with E-state index in [1.165, 1.54) is 28.6 Å². The summed E-state index contributed by atoms with van der Waals surface area (Å²) in [5.74, 6) is -3.97. The molecule has 0 radical (unpaired) electrons. The fourth-order valence-corrected chi connectivity index (χ4v) is 4.18. The zero-order chi connectivity index (χ0) is 18.5. The van der Waals surface area contributed by atoms with Gasteiger partial charge in [0.1, 0.15) is 0 Å². The van der Waals surface area contributed by atoms with Crippen molar-refractivity contribution in [2.45, 2.75) is 36.5 Å². The van der Waals surface area contributed by atoms with Gasteiger partial charge in [-0.05, 0) is 31.0 Å². The summed E-state index contributed by atoms with van der Waals surface area (Å²) in [7, 11) is -3.70. The summed E-state index contributed by atoms with van der Waals surface area (Å²) in [5.41, 5.74) is 4.94. The number of halogens is 2. The van der Waals surface area contributed by atoms with Crippen molar-refractivity contribution in [1.82, 2.24) is 9.62 Å². The maximum atomic E-state index is 13.1. The predicted octanol–water partition coefficient (Wildman–Crippen LogP) is 1.58. The molecule has 25 heavy (non-hydrogen) atoms. The molecule has 1 aromatic rings. The number of alkyl halides is 2. The standard InChI is InChI=1S/C16H23F2N3O3S/c17-16(18,11-19)12-20-15(22)13-6-5-7-14(10-13)25(23,24)21-8-3-1-2-4-9-21/h5-7,10H,1-4,8-9,11-12,19H2,(H,20,22). The van der Waals surface area contributed by atoms with E-state index in [4.69, 9.17) is 5.73 Å². The third-order valence-electron chi connectivity index (χ3n) is 4.11. The minimum Gasteiger partial charge on any atom is -0.346 e. The van der Waals surface area contributed by atoms with Crippen LogP contribution in [-0.4, -0.2) is 50.7 Å². The first kappa shape index (κ1) is 19.7. The van der Waals surface area contributed by atoms with Crippen LogP contribution in [0, 0.1) is 0 Å². The van der Waals surface area contributed by atoms with Crippen molar-refractivity contribution in [3.8, 4) is 0 Å². The number of amides is 1. The predicted molar refractivity (Wildman–Crippen MR) is 90.0 cm³/mol. The largest absolute Gasteiger partial charge is 0.346 e. The maximum Gasteiger partial charge on any atom is 0.277 e. The molecule has 9 heteroatoms. The smallest absolute Gasteiger partial charge is 0.277 e. The summed E-state index contributed by atoms with van der Waals surface area (Å²) in [6.07, 6.45) is 3.58. The molecule has 6 nitrogen and oxygen atoms in total. The van der Waals surface area contributed by atoms with Crippen LogP contribution in [0.4, 0.5) is 8.78 Å². The molecule has 0 atom stereocenters. The van der Waals surface area contributed by atoms with E-state index in [9.17, 15) is 22.0 Å². The molecule has 1 fully saturated rings. The SMILES string of the molecule is NCC(F)(F)CNC(=O)c1cccc(S(=O)(=O)N2CCCCCC2)c1. The number of sulfonamides is 1.